The molecule has 2 heterocycles. The van der Waals surface area contributed by atoms with Crippen LogP contribution in [0.2, 0.25) is 0 Å². The van der Waals surface area contributed by atoms with E-state index in [9.17, 15) is 24.6 Å². The number of rotatable bonds is 13. The number of piperidine rings is 1. The summed E-state index contributed by atoms with van der Waals surface area (Å²) in [4.78, 5) is 38.9. The summed E-state index contributed by atoms with van der Waals surface area (Å²) in [5.41, 5.74) is 9.84. The van der Waals surface area contributed by atoms with Gasteiger partial charge < -0.3 is 31.9 Å². The molecule has 9 nitrogen and oxygen atoms in total. The molecule has 1 amide bonds. The number of carboxylic acids is 2. The fourth-order valence-corrected chi connectivity index (χ4v) is 5.23. The molecular formula is C22H40N4O5. The predicted octanol–water partition coefficient (Wildman–Crippen LogP) is 1.15. The van der Waals surface area contributed by atoms with Gasteiger partial charge >= 0.3 is 11.9 Å². The summed E-state index contributed by atoms with van der Waals surface area (Å²) in [5, 5.41) is 23.4. The third kappa shape index (κ3) is 6.40. The zero-order chi connectivity index (χ0) is 22.9. The van der Waals surface area contributed by atoms with E-state index in [0.717, 1.165) is 45.2 Å². The maximum atomic E-state index is 13.0. The first kappa shape index (κ1) is 25.5. The molecule has 0 aromatic rings. The van der Waals surface area contributed by atoms with E-state index in [1.807, 2.05) is 0 Å². The van der Waals surface area contributed by atoms with Gasteiger partial charge in [0.1, 0.15) is 0 Å². The van der Waals surface area contributed by atoms with Crippen LogP contribution in [0.4, 0.5) is 0 Å². The van der Waals surface area contributed by atoms with E-state index >= 15 is 0 Å². The van der Waals surface area contributed by atoms with Crippen molar-refractivity contribution >= 4 is 17.8 Å². The van der Waals surface area contributed by atoms with Crippen LogP contribution >= 0.6 is 0 Å². The predicted molar refractivity (Wildman–Crippen MR) is 117 cm³/mol. The monoisotopic (exact) mass is 440 g/mol. The molecule has 2 saturated heterocycles. The second-order valence-electron chi connectivity index (χ2n) is 9.08. The van der Waals surface area contributed by atoms with Gasteiger partial charge in [-0.05, 0) is 70.5 Å². The van der Waals surface area contributed by atoms with Crippen LogP contribution in [0.3, 0.4) is 0 Å². The fourth-order valence-electron chi connectivity index (χ4n) is 5.23. The van der Waals surface area contributed by atoms with Crippen molar-refractivity contribution in [2.75, 3.05) is 26.2 Å². The molecular weight excluding hydrogens is 400 g/mol. The first-order valence-corrected chi connectivity index (χ1v) is 11.8. The summed E-state index contributed by atoms with van der Waals surface area (Å²) in [6.45, 7) is 2.77. The zero-order valence-electron chi connectivity index (χ0n) is 18.6. The van der Waals surface area contributed by atoms with E-state index in [1.54, 1.807) is 0 Å². The first-order valence-electron chi connectivity index (χ1n) is 11.8. The number of unbranched alkanes of at least 4 members (excludes halogenated alkanes) is 2. The number of nitrogens with two attached hydrogens (primary N) is 2. The Morgan fingerprint density at radius 2 is 1.74 bits per heavy atom. The zero-order valence-corrected chi connectivity index (χ0v) is 18.6. The summed E-state index contributed by atoms with van der Waals surface area (Å²) in [6.07, 6.45) is 7.49. The largest absolute Gasteiger partial charge is 0.481 e. The Bertz CT molecular complexity index is 611. The van der Waals surface area contributed by atoms with Crippen molar-refractivity contribution in [3.05, 3.63) is 0 Å². The molecule has 2 rings (SSSR count). The van der Waals surface area contributed by atoms with Gasteiger partial charge in [-0.25, -0.2) is 4.79 Å². The lowest BCUT2D eigenvalue weighted by Gasteiger charge is -2.40. The van der Waals surface area contributed by atoms with E-state index < -0.39 is 35.3 Å². The molecule has 0 radical (unpaired) electrons. The van der Waals surface area contributed by atoms with Crippen LogP contribution in [-0.4, -0.2) is 70.7 Å². The van der Waals surface area contributed by atoms with Crippen molar-refractivity contribution in [3.8, 4) is 0 Å². The average Bonchev–Trinajstić information content (AvgIpc) is 3.19. The maximum Gasteiger partial charge on any atom is 0.330 e. The highest BCUT2D eigenvalue weighted by Crippen LogP contribution is 2.40. The number of nitrogens with zero attached hydrogens (tertiary/aromatic N) is 1. The van der Waals surface area contributed by atoms with Gasteiger partial charge in [-0.3, -0.25) is 9.59 Å². The minimum atomic E-state index is -1.72. The minimum absolute atomic E-state index is 0.148. The number of amides is 1. The summed E-state index contributed by atoms with van der Waals surface area (Å²) >= 11 is 0. The summed E-state index contributed by atoms with van der Waals surface area (Å²) in [6, 6.07) is -0.835. The Hall–Kier alpha value is -1.71. The van der Waals surface area contributed by atoms with Crippen molar-refractivity contribution in [2.24, 2.45) is 23.3 Å². The normalized spacial score (nSPS) is 24.1. The lowest BCUT2D eigenvalue weighted by atomic mass is 9.77. The number of hydrogen-bond acceptors (Lipinski definition) is 6. The highest BCUT2D eigenvalue weighted by molar-refractivity contribution is 5.94. The highest BCUT2D eigenvalue weighted by Gasteiger charge is 2.58. The van der Waals surface area contributed by atoms with Gasteiger partial charge in [-0.15, -0.1) is 0 Å². The molecule has 2 aliphatic heterocycles. The Balaban J connectivity index is 2.07. The second kappa shape index (κ2) is 12.4. The molecule has 2 fully saturated rings. The van der Waals surface area contributed by atoms with Crippen LogP contribution in [0.15, 0.2) is 0 Å². The lowest BCUT2D eigenvalue weighted by Crippen LogP contribution is -2.62. The fraction of sp³-hybridized carbons (Fsp3) is 0.864. The van der Waals surface area contributed by atoms with Crippen LogP contribution in [0.25, 0.3) is 0 Å². The summed E-state index contributed by atoms with van der Waals surface area (Å²) in [5.74, 6) is -3.34. The average molecular weight is 441 g/mol. The molecule has 3 atom stereocenters. The number of aliphatic carboxylic acids is 2. The van der Waals surface area contributed by atoms with E-state index in [-0.39, 0.29) is 19.4 Å². The van der Waals surface area contributed by atoms with Crippen molar-refractivity contribution in [3.63, 3.8) is 0 Å². The quantitative estimate of drug-likeness (QED) is 0.267. The van der Waals surface area contributed by atoms with Crippen LogP contribution in [0.5, 0.6) is 0 Å². The van der Waals surface area contributed by atoms with Crippen LogP contribution < -0.4 is 16.8 Å². The topological polar surface area (TPSA) is 159 Å². The smallest absolute Gasteiger partial charge is 0.330 e. The Morgan fingerprint density at radius 3 is 2.35 bits per heavy atom. The third-order valence-corrected chi connectivity index (χ3v) is 7.03. The van der Waals surface area contributed by atoms with Crippen LogP contribution in [-0.2, 0) is 14.4 Å². The van der Waals surface area contributed by atoms with Crippen molar-refractivity contribution in [2.45, 2.75) is 82.2 Å². The first-order chi connectivity index (χ1) is 14.8. The third-order valence-electron chi connectivity index (χ3n) is 7.03. The molecule has 0 bridgehead atoms. The molecule has 0 aromatic carbocycles. The SMILES string of the molecule is NCCCC[C@H](N)C(=O)N1CCC[C@]1(C(=O)O)[C@H](CCCCC1CCNCC1)C(=O)O. The van der Waals surface area contributed by atoms with Crippen LogP contribution in [0, 0.1) is 11.8 Å². The Morgan fingerprint density at radius 1 is 1.06 bits per heavy atom. The minimum Gasteiger partial charge on any atom is -0.481 e. The molecule has 2 aliphatic rings. The molecule has 0 unspecified atom stereocenters. The highest BCUT2D eigenvalue weighted by atomic mass is 16.4. The van der Waals surface area contributed by atoms with Crippen molar-refractivity contribution < 1.29 is 24.6 Å². The second-order valence-corrected chi connectivity index (χ2v) is 9.08. The van der Waals surface area contributed by atoms with Gasteiger partial charge in [0, 0.05) is 6.54 Å². The van der Waals surface area contributed by atoms with Gasteiger partial charge in [-0.1, -0.05) is 25.7 Å². The molecule has 9 heteroatoms. The number of carbonyl (C=O) groups excluding carboxylic acids is 1. The van der Waals surface area contributed by atoms with Gasteiger partial charge in [0.15, 0.2) is 5.54 Å². The van der Waals surface area contributed by atoms with E-state index in [4.69, 9.17) is 11.5 Å². The molecule has 0 spiro atoms. The van der Waals surface area contributed by atoms with E-state index in [1.165, 1.54) is 4.90 Å². The van der Waals surface area contributed by atoms with Gasteiger partial charge in [0.05, 0.1) is 12.0 Å². The standard InChI is InChI=1S/C22H40N4O5/c23-12-4-3-8-18(24)19(27)26-15-5-11-22(26,21(30)31)17(20(28)29)7-2-1-6-16-9-13-25-14-10-16/h16-18,25H,1-15,23-24H2,(H,28,29)(H,30,31)/t17-,18+,22-/m1/s1. The molecule has 0 aromatic heterocycles. The summed E-state index contributed by atoms with van der Waals surface area (Å²) in [7, 11) is 0. The van der Waals surface area contributed by atoms with Crippen LogP contribution in [0.1, 0.15) is 70.6 Å². The lowest BCUT2D eigenvalue weighted by molar-refractivity contribution is -0.168. The van der Waals surface area contributed by atoms with E-state index in [2.05, 4.69) is 5.32 Å². The number of hydrogen-bond donors (Lipinski definition) is 5. The number of nitrogens with one attached hydrogen (secondary N) is 1. The number of carbonyl (C=O) groups is 3. The molecule has 7 N–H and O–H groups in total. The molecule has 0 aliphatic carbocycles. The Labute approximate surface area is 184 Å². The van der Waals surface area contributed by atoms with Gasteiger partial charge in [0.2, 0.25) is 5.91 Å². The van der Waals surface area contributed by atoms with Crippen molar-refractivity contribution in [1.82, 2.24) is 10.2 Å². The summed E-state index contributed by atoms with van der Waals surface area (Å²) < 4.78 is 0. The Kier molecular flexibility index (Phi) is 10.2. The maximum absolute atomic E-state index is 13.0. The molecule has 0 saturated carbocycles. The van der Waals surface area contributed by atoms with Gasteiger partial charge in [0.25, 0.3) is 0 Å². The molecule has 178 valence electrons. The van der Waals surface area contributed by atoms with Gasteiger partial charge in [-0.2, -0.15) is 0 Å². The van der Waals surface area contributed by atoms with Crippen molar-refractivity contribution in [1.29, 1.82) is 0 Å². The number of likely N-dealkylation sites (tertiary alicyclic amines) is 1. The number of carboxylic acid groups (broad SMARTS) is 2. The molecule has 31 heavy (non-hydrogen) atoms. The van der Waals surface area contributed by atoms with E-state index in [0.29, 0.717) is 38.1 Å².